The molecule has 3 heterocycles. The lowest BCUT2D eigenvalue weighted by molar-refractivity contribution is 0.262. The van der Waals surface area contributed by atoms with Crippen molar-refractivity contribution in [2.75, 3.05) is 18.1 Å². The van der Waals surface area contributed by atoms with Gasteiger partial charge in [0.15, 0.2) is 5.65 Å². The highest BCUT2D eigenvalue weighted by molar-refractivity contribution is 7.97. The highest BCUT2D eigenvalue weighted by Crippen LogP contribution is 2.26. The van der Waals surface area contributed by atoms with Crippen LogP contribution in [0, 0.1) is 0 Å². The standard InChI is InChI=1S/C22H26N4O2S/c27-13-11-17-8-4-5-12-26(17)20-10-9-18-21(25-20)23-19(22(28)24-18)15-29-14-16-6-2-1-3-7-16/h1-3,6-7,9-10,17,27H,4-5,8,11-15H2,(H,24,28). The third-order valence-corrected chi connectivity index (χ3v) is 6.36. The zero-order valence-corrected chi connectivity index (χ0v) is 17.2. The van der Waals surface area contributed by atoms with E-state index in [1.54, 1.807) is 11.8 Å². The molecule has 0 saturated carbocycles. The van der Waals surface area contributed by atoms with Gasteiger partial charge in [-0.1, -0.05) is 30.3 Å². The van der Waals surface area contributed by atoms with Crippen molar-refractivity contribution in [3.8, 4) is 0 Å². The first kappa shape index (κ1) is 19.9. The molecule has 1 fully saturated rings. The lowest BCUT2D eigenvalue weighted by Crippen LogP contribution is -2.40. The molecule has 1 unspecified atom stereocenters. The van der Waals surface area contributed by atoms with E-state index < -0.39 is 0 Å². The van der Waals surface area contributed by atoms with Crippen LogP contribution in [0.1, 0.15) is 36.9 Å². The number of pyridine rings is 1. The number of nitrogens with one attached hydrogen (secondary N) is 1. The monoisotopic (exact) mass is 410 g/mol. The van der Waals surface area contributed by atoms with Crippen LogP contribution in [0.2, 0.25) is 0 Å². The molecule has 2 aromatic heterocycles. The van der Waals surface area contributed by atoms with E-state index in [0.717, 1.165) is 37.4 Å². The van der Waals surface area contributed by atoms with Crippen LogP contribution < -0.4 is 10.5 Å². The number of H-pyrrole nitrogens is 1. The Kier molecular flexibility index (Phi) is 6.46. The molecule has 3 aromatic rings. The molecule has 1 atom stereocenters. The number of hydrogen-bond donors (Lipinski definition) is 2. The van der Waals surface area contributed by atoms with E-state index in [9.17, 15) is 9.90 Å². The number of benzene rings is 1. The summed E-state index contributed by atoms with van der Waals surface area (Å²) >= 11 is 1.67. The number of hydrogen-bond acceptors (Lipinski definition) is 6. The Labute approximate surface area is 174 Å². The van der Waals surface area contributed by atoms with Gasteiger partial charge < -0.3 is 15.0 Å². The molecule has 1 aliphatic rings. The van der Waals surface area contributed by atoms with Gasteiger partial charge in [0.2, 0.25) is 0 Å². The number of nitrogens with zero attached hydrogens (tertiary/aromatic N) is 3. The van der Waals surface area contributed by atoms with Gasteiger partial charge >= 0.3 is 0 Å². The summed E-state index contributed by atoms with van der Waals surface area (Å²) < 4.78 is 0. The van der Waals surface area contributed by atoms with Crippen molar-refractivity contribution < 1.29 is 5.11 Å². The number of rotatable bonds is 7. The maximum absolute atomic E-state index is 12.4. The van der Waals surface area contributed by atoms with Crippen molar-refractivity contribution in [3.05, 3.63) is 64.1 Å². The SMILES string of the molecule is O=c1[nH]c2ccc(N3CCCCC3CCO)nc2nc1CSCc1ccccc1. The molecule has 7 heteroatoms. The Hall–Kier alpha value is -2.38. The third-order valence-electron chi connectivity index (χ3n) is 5.35. The molecule has 1 aliphatic heterocycles. The number of anilines is 1. The zero-order valence-electron chi connectivity index (χ0n) is 16.4. The van der Waals surface area contributed by atoms with Gasteiger partial charge in [0.05, 0.1) is 5.52 Å². The van der Waals surface area contributed by atoms with Crippen molar-refractivity contribution in [2.45, 2.75) is 43.2 Å². The predicted octanol–water partition coefficient (Wildman–Crippen LogP) is 3.49. The Bertz CT molecular complexity index is 1010. The Morgan fingerprint density at radius 1 is 1.10 bits per heavy atom. The Morgan fingerprint density at radius 2 is 1.97 bits per heavy atom. The molecule has 4 rings (SSSR count). The van der Waals surface area contributed by atoms with Gasteiger partial charge in [-0.2, -0.15) is 11.8 Å². The van der Waals surface area contributed by atoms with Crippen LogP contribution in [0.25, 0.3) is 11.2 Å². The summed E-state index contributed by atoms with van der Waals surface area (Å²) in [6, 6.07) is 14.3. The topological polar surface area (TPSA) is 82.1 Å². The summed E-state index contributed by atoms with van der Waals surface area (Å²) in [6.07, 6.45) is 4.13. The number of aliphatic hydroxyl groups excluding tert-OH is 1. The van der Waals surface area contributed by atoms with Gasteiger partial charge in [-0.3, -0.25) is 4.79 Å². The van der Waals surface area contributed by atoms with Crippen molar-refractivity contribution in [1.29, 1.82) is 0 Å². The Balaban J connectivity index is 1.54. The molecule has 0 bridgehead atoms. The summed E-state index contributed by atoms with van der Waals surface area (Å²) in [4.78, 5) is 26.9. The first-order valence-corrected chi connectivity index (χ1v) is 11.3. The molecule has 0 aliphatic carbocycles. The summed E-state index contributed by atoms with van der Waals surface area (Å²) in [5.41, 5.74) is 2.82. The van der Waals surface area contributed by atoms with E-state index in [1.807, 2.05) is 30.3 Å². The van der Waals surface area contributed by atoms with Crippen molar-refractivity contribution >= 4 is 28.7 Å². The van der Waals surface area contributed by atoms with E-state index in [4.69, 9.17) is 4.98 Å². The average Bonchev–Trinajstić information content (AvgIpc) is 2.75. The fourth-order valence-corrected chi connectivity index (χ4v) is 4.76. The molecule has 0 spiro atoms. The van der Waals surface area contributed by atoms with Crippen LogP contribution in [-0.4, -0.2) is 39.3 Å². The molecule has 152 valence electrons. The van der Waals surface area contributed by atoms with E-state index in [0.29, 0.717) is 28.7 Å². The van der Waals surface area contributed by atoms with Gasteiger partial charge in [-0.25, -0.2) is 9.97 Å². The maximum Gasteiger partial charge on any atom is 0.271 e. The number of aromatic amines is 1. The molecular weight excluding hydrogens is 384 g/mol. The van der Waals surface area contributed by atoms with Crippen LogP contribution in [0.5, 0.6) is 0 Å². The van der Waals surface area contributed by atoms with Crippen LogP contribution in [0.3, 0.4) is 0 Å². The van der Waals surface area contributed by atoms with Gasteiger partial charge in [-0.05, 0) is 43.4 Å². The largest absolute Gasteiger partial charge is 0.396 e. The highest BCUT2D eigenvalue weighted by atomic mass is 32.2. The van der Waals surface area contributed by atoms with Crippen molar-refractivity contribution in [1.82, 2.24) is 15.0 Å². The third kappa shape index (κ3) is 4.79. The first-order chi connectivity index (χ1) is 14.2. The maximum atomic E-state index is 12.4. The van der Waals surface area contributed by atoms with Crippen molar-refractivity contribution in [2.24, 2.45) is 0 Å². The average molecular weight is 411 g/mol. The quantitative estimate of drug-likeness (QED) is 0.620. The minimum absolute atomic E-state index is 0.149. The number of aromatic nitrogens is 3. The van der Waals surface area contributed by atoms with E-state index in [2.05, 4.69) is 27.0 Å². The summed E-state index contributed by atoms with van der Waals surface area (Å²) in [6.45, 7) is 1.12. The number of piperidine rings is 1. The lowest BCUT2D eigenvalue weighted by atomic mass is 9.99. The normalized spacial score (nSPS) is 17.0. The molecule has 0 radical (unpaired) electrons. The summed E-state index contributed by atoms with van der Waals surface area (Å²) in [5, 5.41) is 9.39. The first-order valence-electron chi connectivity index (χ1n) is 10.1. The summed E-state index contributed by atoms with van der Waals surface area (Å²) in [7, 11) is 0. The van der Waals surface area contributed by atoms with Gasteiger partial charge in [-0.15, -0.1) is 0 Å². The smallest absolute Gasteiger partial charge is 0.271 e. The van der Waals surface area contributed by atoms with Gasteiger partial charge in [0.1, 0.15) is 11.5 Å². The van der Waals surface area contributed by atoms with E-state index >= 15 is 0 Å². The zero-order chi connectivity index (χ0) is 20.1. The van der Waals surface area contributed by atoms with Gasteiger partial charge in [0.25, 0.3) is 5.56 Å². The Morgan fingerprint density at radius 3 is 2.79 bits per heavy atom. The second-order valence-corrected chi connectivity index (χ2v) is 8.37. The number of aliphatic hydroxyl groups is 1. The molecular formula is C22H26N4O2S. The summed E-state index contributed by atoms with van der Waals surface area (Å²) in [5.74, 6) is 2.26. The fourth-order valence-electron chi connectivity index (χ4n) is 3.84. The molecule has 2 N–H and O–H groups in total. The lowest BCUT2D eigenvalue weighted by Gasteiger charge is -2.36. The number of fused-ring (bicyclic) bond motifs is 1. The highest BCUT2D eigenvalue weighted by Gasteiger charge is 2.23. The minimum atomic E-state index is -0.149. The number of thioether (sulfide) groups is 1. The predicted molar refractivity (Wildman–Crippen MR) is 118 cm³/mol. The molecule has 0 amide bonds. The fraction of sp³-hybridized carbons (Fsp3) is 0.409. The molecule has 29 heavy (non-hydrogen) atoms. The molecule has 6 nitrogen and oxygen atoms in total. The second-order valence-electron chi connectivity index (χ2n) is 7.39. The van der Waals surface area contributed by atoms with Crippen molar-refractivity contribution in [3.63, 3.8) is 0 Å². The van der Waals surface area contributed by atoms with Crippen LogP contribution in [-0.2, 0) is 11.5 Å². The van der Waals surface area contributed by atoms with Crippen LogP contribution >= 0.6 is 11.8 Å². The second kappa shape index (κ2) is 9.41. The molecule has 1 saturated heterocycles. The van der Waals surface area contributed by atoms with Crippen LogP contribution in [0.4, 0.5) is 5.82 Å². The minimum Gasteiger partial charge on any atom is -0.396 e. The van der Waals surface area contributed by atoms with Crippen LogP contribution in [0.15, 0.2) is 47.3 Å². The molecule has 1 aromatic carbocycles. The van der Waals surface area contributed by atoms with E-state index in [-0.39, 0.29) is 12.2 Å². The van der Waals surface area contributed by atoms with E-state index in [1.165, 1.54) is 12.0 Å². The van der Waals surface area contributed by atoms with Gasteiger partial charge in [0, 0.05) is 30.7 Å².